The molecule has 0 saturated heterocycles. The van der Waals surface area contributed by atoms with Crippen molar-refractivity contribution in [3.63, 3.8) is 0 Å². The molecule has 1 amide bonds. The van der Waals surface area contributed by atoms with Gasteiger partial charge in [-0.25, -0.2) is 0 Å². The molecule has 5 heteroatoms. The summed E-state index contributed by atoms with van der Waals surface area (Å²) < 4.78 is 5.91. The van der Waals surface area contributed by atoms with Crippen LogP contribution in [-0.4, -0.2) is 23.7 Å². The summed E-state index contributed by atoms with van der Waals surface area (Å²) in [7, 11) is 0. The van der Waals surface area contributed by atoms with Crippen LogP contribution in [0.1, 0.15) is 233 Å². The molecule has 48 heavy (non-hydrogen) atoms. The maximum Gasteiger partial charge on any atom is 0.306 e. The molecule has 0 rings (SSSR count). The molecule has 2 N–H and O–H groups in total. The smallest absolute Gasteiger partial charge is 0.306 e. The zero-order chi connectivity index (χ0) is 35.8. The number of carbonyl (C=O) groups is 2. The van der Waals surface area contributed by atoms with Gasteiger partial charge in [0, 0.05) is 12.3 Å². The quantitative estimate of drug-likeness (QED) is 0.0297. The molecule has 0 aromatic carbocycles. The van der Waals surface area contributed by atoms with Crippen LogP contribution in [0.15, 0.2) is 12.2 Å². The molecule has 0 aromatic rings. The van der Waals surface area contributed by atoms with Gasteiger partial charge in [0.2, 0.25) is 5.91 Å². The van der Waals surface area contributed by atoms with Crippen LogP contribution < -0.4 is 5.73 Å². The van der Waals surface area contributed by atoms with Crippen molar-refractivity contribution in [1.82, 2.24) is 0 Å². The Bertz CT molecular complexity index is 681. The van der Waals surface area contributed by atoms with Crippen LogP contribution in [0.25, 0.3) is 0 Å². The number of amides is 1. The normalized spacial score (nSPS) is 12.0. The fourth-order valence-corrected chi connectivity index (χ4v) is 6.07. The van der Waals surface area contributed by atoms with Gasteiger partial charge in [-0.05, 0) is 63.5 Å². The number of thiol groups is 1. The maximum atomic E-state index is 12.3. The lowest BCUT2D eigenvalue weighted by atomic mass is 10.0. The minimum atomic E-state index is -0.241. The van der Waals surface area contributed by atoms with Gasteiger partial charge in [-0.3, -0.25) is 9.59 Å². The summed E-state index contributed by atoms with van der Waals surface area (Å²) in [6, 6.07) is 0. The lowest BCUT2D eigenvalue weighted by molar-refractivity contribution is -0.149. The Hall–Kier alpha value is -0.970. The molecule has 0 aliphatic rings. The molecule has 0 radical (unpaired) electrons. The van der Waals surface area contributed by atoms with Crippen LogP contribution in [0.3, 0.4) is 0 Å². The van der Waals surface area contributed by atoms with Crippen molar-refractivity contribution in [2.75, 3.05) is 5.75 Å². The molecule has 0 spiro atoms. The molecule has 0 bridgehead atoms. The predicted molar refractivity (Wildman–Crippen MR) is 216 cm³/mol. The van der Waals surface area contributed by atoms with E-state index in [0.29, 0.717) is 6.42 Å². The van der Waals surface area contributed by atoms with Crippen LogP contribution in [0.4, 0.5) is 0 Å². The van der Waals surface area contributed by atoms with Crippen molar-refractivity contribution >= 4 is 24.5 Å². The number of allylic oxidation sites excluding steroid dienone is 2. The molecule has 0 saturated carbocycles. The molecule has 0 aromatic heterocycles. The highest BCUT2D eigenvalue weighted by molar-refractivity contribution is 7.80. The molecule has 4 nitrogen and oxygen atoms in total. The lowest BCUT2D eigenvalue weighted by Gasteiger charge is -2.18. The first-order valence-corrected chi connectivity index (χ1v) is 21.8. The summed E-state index contributed by atoms with van der Waals surface area (Å²) in [5.74, 6) is 0.496. The summed E-state index contributed by atoms with van der Waals surface area (Å²) in [5, 5.41) is 0. The van der Waals surface area contributed by atoms with Gasteiger partial charge >= 0.3 is 5.97 Å². The summed E-state index contributed by atoms with van der Waals surface area (Å²) in [6.07, 6.45) is 46.5. The van der Waals surface area contributed by atoms with Crippen molar-refractivity contribution < 1.29 is 14.3 Å². The SMILES string of the molecule is CC(C)C(N)=O.CCCCCCCC/C=C\CCCCCCCC(CCCCCCCCCCCCCCCCC)OC(=O)CCCS. The average Bonchev–Trinajstić information content (AvgIpc) is 3.07. The Balaban J connectivity index is 0. The van der Waals surface area contributed by atoms with E-state index in [0.717, 1.165) is 25.0 Å². The van der Waals surface area contributed by atoms with Crippen molar-refractivity contribution in [2.45, 2.75) is 239 Å². The summed E-state index contributed by atoms with van der Waals surface area (Å²) >= 11 is 4.25. The number of unbranched alkanes of at least 4 members (excludes halogenated alkanes) is 25. The van der Waals surface area contributed by atoms with E-state index >= 15 is 0 Å². The van der Waals surface area contributed by atoms with E-state index in [9.17, 15) is 9.59 Å². The van der Waals surface area contributed by atoms with Gasteiger partial charge < -0.3 is 10.5 Å². The molecule has 1 unspecified atom stereocenters. The largest absolute Gasteiger partial charge is 0.462 e. The van der Waals surface area contributed by atoms with Crippen LogP contribution in [0.2, 0.25) is 0 Å². The van der Waals surface area contributed by atoms with E-state index in [2.05, 4.69) is 38.6 Å². The Morgan fingerprint density at radius 1 is 0.542 bits per heavy atom. The molecule has 0 fully saturated rings. The van der Waals surface area contributed by atoms with Gasteiger partial charge in [0.25, 0.3) is 0 Å². The molecule has 286 valence electrons. The first-order valence-electron chi connectivity index (χ1n) is 21.1. The fraction of sp³-hybridized carbons (Fsp3) is 0.907. The number of primary amides is 1. The van der Waals surface area contributed by atoms with Gasteiger partial charge in [-0.15, -0.1) is 0 Å². The molecule has 1 atom stereocenters. The van der Waals surface area contributed by atoms with Crippen LogP contribution in [0.5, 0.6) is 0 Å². The maximum absolute atomic E-state index is 12.3. The second kappa shape index (κ2) is 42.2. The number of nitrogens with two attached hydrogens (primary N) is 1. The number of ether oxygens (including phenoxy) is 1. The van der Waals surface area contributed by atoms with E-state index in [1.807, 2.05) is 0 Å². The molecule has 0 heterocycles. The number of carbonyl (C=O) groups excluding carboxylic acids is 2. The van der Waals surface area contributed by atoms with Gasteiger partial charge in [0.1, 0.15) is 6.10 Å². The fourth-order valence-electron chi connectivity index (χ4n) is 5.92. The van der Waals surface area contributed by atoms with Gasteiger partial charge in [-0.2, -0.15) is 12.6 Å². The van der Waals surface area contributed by atoms with Crippen molar-refractivity contribution in [3.8, 4) is 0 Å². The number of hydrogen-bond donors (Lipinski definition) is 2. The minimum absolute atomic E-state index is 0.00926. The third-order valence-corrected chi connectivity index (χ3v) is 9.64. The number of rotatable bonds is 36. The second-order valence-corrected chi connectivity index (χ2v) is 15.1. The Labute approximate surface area is 306 Å². The van der Waals surface area contributed by atoms with Crippen LogP contribution >= 0.6 is 12.6 Å². The molecular formula is C43H85NO3S. The minimum Gasteiger partial charge on any atom is -0.462 e. The van der Waals surface area contributed by atoms with Crippen LogP contribution in [0, 0.1) is 5.92 Å². The summed E-state index contributed by atoms with van der Waals surface area (Å²) in [6.45, 7) is 8.11. The monoisotopic (exact) mass is 696 g/mol. The third-order valence-electron chi connectivity index (χ3n) is 9.32. The molecule has 0 aliphatic heterocycles. The first kappa shape index (κ1) is 49.1. The summed E-state index contributed by atoms with van der Waals surface area (Å²) in [4.78, 5) is 22.2. The highest BCUT2D eigenvalue weighted by Gasteiger charge is 2.14. The van der Waals surface area contributed by atoms with Crippen LogP contribution in [-0.2, 0) is 14.3 Å². The van der Waals surface area contributed by atoms with Crippen molar-refractivity contribution in [1.29, 1.82) is 0 Å². The van der Waals surface area contributed by atoms with Gasteiger partial charge in [0.15, 0.2) is 0 Å². The molecule has 0 aliphatic carbocycles. The van der Waals surface area contributed by atoms with E-state index in [-0.39, 0.29) is 23.9 Å². The Morgan fingerprint density at radius 3 is 1.17 bits per heavy atom. The van der Waals surface area contributed by atoms with Crippen molar-refractivity contribution in [2.24, 2.45) is 11.7 Å². The second-order valence-electron chi connectivity index (χ2n) is 14.6. The number of esters is 1. The highest BCUT2D eigenvalue weighted by Crippen LogP contribution is 2.19. The topological polar surface area (TPSA) is 69.4 Å². The molecular weight excluding hydrogens is 611 g/mol. The standard InChI is InChI=1S/C39H76O2S.C4H9NO/c1-3-5-7-9-11-13-15-17-19-21-23-25-27-29-31-34-38(41-39(40)36-33-37-42)35-32-30-28-26-24-22-20-18-16-14-12-10-8-6-4-2;1-3(2)4(5)6/h17,19,38,42H,3-16,18,20-37H2,1-2H3;3H,1-2H3,(H2,5,6)/b19-17-;. The predicted octanol–water partition coefficient (Wildman–Crippen LogP) is 14.0. The van der Waals surface area contributed by atoms with E-state index in [1.165, 1.54) is 180 Å². The first-order chi connectivity index (χ1) is 23.4. The van der Waals surface area contributed by atoms with E-state index in [1.54, 1.807) is 13.8 Å². The van der Waals surface area contributed by atoms with Crippen molar-refractivity contribution in [3.05, 3.63) is 12.2 Å². The summed E-state index contributed by atoms with van der Waals surface area (Å²) in [5.41, 5.74) is 4.80. The highest BCUT2D eigenvalue weighted by atomic mass is 32.1. The van der Waals surface area contributed by atoms with Gasteiger partial charge in [-0.1, -0.05) is 181 Å². The third kappa shape index (κ3) is 43.1. The van der Waals surface area contributed by atoms with E-state index < -0.39 is 0 Å². The zero-order valence-corrected chi connectivity index (χ0v) is 33.8. The van der Waals surface area contributed by atoms with Gasteiger partial charge in [0.05, 0.1) is 0 Å². The number of hydrogen-bond acceptors (Lipinski definition) is 4. The van der Waals surface area contributed by atoms with E-state index in [4.69, 9.17) is 10.5 Å². The Morgan fingerprint density at radius 2 is 0.854 bits per heavy atom. The average molecular weight is 696 g/mol. The lowest BCUT2D eigenvalue weighted by Crippen LogP contribution is -2.18. The zero-order valence-electron chi connectivity index (χ0n) is 32.9. The Kier molecular flexibility index (Phi) is 43.2.